The second-order valence-electron chi connectivity index (χ2n) is 10.5. The van der Waals surface area contributed by atoms with Crippen molar-refractivity contribution in [3.63, 3.8) is 0 Å². The lowest BCUT2D eigenvalue weighted by atomic mass is 9.92. The summed E-state index contributed by atoms with van der Waals surface area (Å²) in [5.41, 5.74) is 4.52. The number of aryl methyl sites for hydroxylation is 1. The summed E-state index contributed by atoms with van der Waals surface area (Å²) < 4.78 is 20.3. The largest absolute Gasteiger partial charge is 0.493 e. The minimum absolute atomic E-state index is 0.0995. The van der Waals surface area contributed by atoms with Gasteiger partial charge in [-0.2, -0.15) is 0 Å². The molecular weight excluding hydrogens is 502 g/mol. The maximum Gasteiger partial charge on any atom is 0.213 e. The van der Waals surface area contributed by atoms with Crippen LogP contribution < -0.4 is 14.2 Å². The molecule has 6 rings (SSSR count). The van der Waals surface area contributed by atoms with Gasteiger partial charge in [0, 0.05) is 79.1 Å². The standard InChI is InChI=1S/C33H35N3O4/c1-36-31-13-14-34-22-30(31)29-11-9-23(17-32(29)36)24-10-12-33(35-21-24)40-28-19-27(20-28)39-26-8-6-7-25(18-26)38-16-5-3-2-4-15-37/h6-14,17-18,21-22,27-28,37H,2-5,15-16,19-20H2,1H3/t27-,28-. The van der Waals surface area contributed by atoms with E-state index in [0.29, 0.717) is 12.5 Å². The average molecular weight is 538 g/mol. The van der Waals surface area contributed by atoms with E-state index in [-0.39, 0.29) is 18.8 Å². The Balaban J connectivity index is 0.997. The number of nitrogens with zero attached hydrogens (tertiary/aromatic N) is 3. The van der Waals surface area contributed by atoms with Crippen LogP contribution in [-0.2, 0) is 7.05 Å². The molecule has 0 unspecified atom stereocenters. The Morgan fingerprint density at radius 3 is 2.48 bits per heavy atom. The van der Waals surface area contributed by atoms with Crippen molar-refractivity contribution in [3.8, 4) is 28.5 Å². The summed E-state index contributed by atoms with van der Waals surface area (Å²) in [7, 11) is 2.09. The van der Waals surface area contributed by atoms with Crippen LogP contribution in [0.15, 0.2) is 79.3 Å². The summed E-state index contributed by atoms with van der Waals surface area (Å²) in [5, 5.41) is 11.2. The average Bonchev–Trinajstić information content (AvgIpc) is 3.25. The van der Waals surface area contributed by atoms with Crippen LogP contribution in [0.25, 0.3) is 32.9 Å². The number of fused-ring (bicyclic) bond motifs is 3. The van der Waals surface area contributed by atoms with E-state index in [2.05, 4.69) is 51.9 Å². The van der Waals surface area contributed by atoms with E-state index < -0.39 is 0 Å². The van der Waals surface area contributed by atoms with Crippen LogP contribution in [0.2, 0.25) is 0 Å². The molecule has 7 heteroatoms. The zero-order chi connectivity index (χ0) is 27.3. The summed E-state index contributed by atoms with van der Waals surface area (Å²) in [4.78, 5) is 8.88. The van der Waals surface area contributed by atoms with Crippen molar-refractivity contribution in [1.29, 1.82) is 0 Å². The summed E-state index contributed by atoms with van der Waals surface area (Å²) >= 11 is 0. The van der Waals surface area contributed by atoms with Crippen LogP contribution in [0.3, 0.4) is 0 Å². The number of rotatable bonds is 12. The first-order chi connectivity index (χ1) is 19.7. The van der Waals surface area contributed by atoms with Crippen molar-refractivity contribution in [2.45, 2.75) is 50.7 Å². The van der Waals surface area contributed by atoms with Crippen LogP contribution >= 0.6 is 0 Å². The molecule has 0 atom stereocenters. The predicted octanol–water partition coefficient (Wildman–Crippen LogP) is 6.71. The van der Waals surface area contributed by atoms with Crippen molar-refractivity contribution >= 4 is 21.8 Å². The number of aliphatic hydroxyl groups excluding tert-OH is 1. The highest BCUT2D eigenvalue weighted by Gasteiger charge is 2.33. The number of hydrogen-bond acceptors (Lipinski definition) is 6. The van der Waals surface area contributed by atoms with Crippen LogP contribution in [0.4, 0.5) is 0 Å². The van der Waals surface area contributed by atoms with Gasteiger partial charge in [-0.1, -0.05) is 24.6 Å². The fourth-order valence-corrected chi connectivity index (χ4v) is 5.32. The monoisotopic (exact) mass is 537 g/mol. The Morgan fingerprint density at radius 2 is 1.62 bits per heavy atom. The SMILES string of the molecule is Cn1c2ccncc2c2ccc(-c3ccc(O[C@H]4C[C@H](Oc5cccc(OCCCCCCO)c5)C4)nc3)cc21. The number of pyridine rings is 2. The molecule has 0 aliphatic heterocycles. The smallest absolute Gasteiger partial charge is 0.213 e. The quantitative estimate of drug-likeness (QED) is 0.178. The second kappa shape index (κ2) is 12.0. The third-order valence-corrected chi connectivity index (χ3v) is 7.65. The Hall–Kier alpha value is -4.10. The molecule has 7 nitrogen and oxygen atoms in total. The highest BCUT2D eigenvalue weighted by atomic mass is 16.5. The number of aromatic nitrogens is 3. The van der Waals surface area contributed by atoms with Gasteiger partial charge in [0.05, 0.1) is 12.1 Å². The van der Waals surface area contributed by atoms with Gasteiger partial charge in [0.25, 0.3) is 0 Å². The third kappa shape index (κ3) is 5.75. The molecule has 0 bridgehead atoms. The van der Waals surface area contributed by atoms with Gasteiger partial charge in [-0.15, -0.1) is 0 Å². The minimum Gasteiger partial charge on any atom is -0.493 e. The molecule has 0 saturated heterocycles. The molecular formula is C33H35N3O4. The molecule has 1 saturated carbocycles. The van der Waals surface area contributed by atoms with Crippen molar-refractivity contribution in [2.75, 3.05) is 13.2 Å². The maximum atomic E-state index is 8.86. The lowest BCUT2D eigenvalue weighted by Gasteiger charge is -2.35. The first-order valence-electron chi connectivity index (χ1n) is 14.1. The Labute approximate surface area is 234 Å². The van der Waals surface area contributed by atoms with Gasteiger partial charge >= 0.3 is 0 Å². The third-order valence-electron chi connectivity index (χ3n) is 7.65. The Kier molecular flexibility index (Phi) is 7.82. The van der Waals surface area contributed by atoms with E-state index in [1.165, 1.54) is 21.8 Å². The van der Waals surface area contributed by atoms with Crippen LogP contribution in [0.5, 0.6) is 17.4 Å². The molecule has 1 N–H and O–H groups in total. The maximum absolute atomic E-state index is 8.86. The molecule has 0 radical (unpaired) electrons. The highest BCUT2D eigenvalue weighted by Crippen LogP contribution is 2.33. The Morgan fingerprint density at radius 1 is 0.800 bits per heavy atom. The molecule has 40 heavy (non-hydrogen) atoms. The molecule has 0 amide bonds. The van der Waals surface area contributed by atoms with Gasteiger partial charge in [0.1, 0.15) is 23.7 Å². The number of ether oxygens (including phenoxy) is 3. The van der Waals surface area contributed by atoms with Gasteiger partial charge in [0.2, 0.25) is 5.88 Å². The van der Waals surface area contributed by atoms with Crippen LogP contribution in [0.1, 0.15) is 38.5 Å². The zero-order valence-electron chi connectivity index (χ0n) is 22.8. The van der Waals surface area contributed by atoms with Gasteiger partial charge < -0.3 is 23.9 Å². The van der Waals surface area contributed by atoms with Crippen LogP contribution in [-0.4, -0.2) is 45.1 Å². The first-order valence-corrected chi connectivity index (χ1v) is 14.1. The molecule has 206 valence electrons. The van der Waals surface area contributed by atoms with Crippen molar-refractivity contribution < 1.29 is 19.3 Å². The van der Waals surface area contributed by atoms with E-state index in [1.54, 1.807) is 0 Å². The number of unbranched alkanes of at least 4 members (excludes halogenated alkanes) is 3. The van der Waals surface area contributed by atoms with Crippen molar-refractivity contribution in [1.82, 2.24) is 14.5 Å². The summed E-state index contributed by atoms with van der Waals surface area (Å²) in [5.74, 6) is 2.29. The zero-order valence-corrected chi connectivity index (χ0v) is 22.8. The van der Waals surface area contributed by atoms with E-state index in [4.69, 9.17) is 19.3 Å². The van der Waals surface area contributed by atoms with E-state index >= 15 is 0 Å². The fourth-order valence-electron chi connectivity index (χ4n) is 5.32. The molecule has 1 aliphatic carbocycles. The van der Waals surface area contributed by atoms with Crippen molar-refractivity contribution in [2.24, 2.45) is 7.05 Å². The topological polar surface area (TPSA) is 78.6 Å². The first kappa shape index (κ1) is 26.1. The van der Waals surface area contributed by atoms with Gasteiger partial charge in [-0.3, -0.25) is 4.98 Å². The van der Waals surface area contributed by atoms with E-state index in [1.807, 2.05) is 48.9 Å². The van der Waals surface area contributed by atoms with Crippen molar-refractivity contribution in [3.05, 3.63) is 79.3 Å². The molecule has 3 aromatic heterocycles. The number of hydrogen-bond donors (Lipinski definition) is 1. The van der Waals surface area contributed by atoms with Gasteiger partial charge in [0.15, 0.2) is 0 Å². The normalized spacial score (nSPS) is 16.6. The number of aliphatic hydroxyl groups is 1. The molecule has 1 aliphatic rings. The predicted molar refractivity (Wildman–Crippen MR) is 157 cm³/mol. The Bertz CT molecular complexity index is 1570. The molecule has 0 spiro atoms. The van der Waals surface area contributed by atoms with Crippen LogP contribution in [0, 0.1) is 0 Å². The van der Waals surface area contributed by atoms with E-state index in [0.717, 1.165) is 61.2 Å². The second-order valence-corrected chi connectivity index (χ2v) is 10.5. The number of benzene rings is 2. The summed E-state index contributed by atoms with van der Waals surface area (Å²) in [6, 6.07) is 20.4. The molecule has 2 aromatic carbocycles. The summed E-state index contributed by atoms with van der Waals surface area (Å²) in [6.45, 7) is 0.939. The molecule has 3 heterocycles. The molecule has 5 aromatic rings. The lowest BCUT2D eigenvalue weighted by Crippen LogP contribution is -2.41. The fraction of sp³-hybridized carbons (Fsp3) is 0.333. The molecule has 1 fully saturated rings. The van der Waals surface area contributed by atoms with Gasteiger partial charge in [-0.25, -0.2) is 4.98 Å². The summed E-state index contributed by atoms with van der Waals surface area (Å²) in [6.07, 6.45) is 11.5. The lowest BCUT2D eigenvalue weighted by molar-refractivity contribution is 0.00218. The van der Waals surface area contributed by atoms with Gasteiger partial charge in [-0.05, 0) is 55.2 Å². The van der Waals surface area contributed by atoms with E-state index in [9.17, 15) is 0 Å². The highest BCUT2D eigenvalue weighted by molar-refractivity contribution is 6.08. The minimum atomic E-state index is 0.0995.